The van der Waals surface area contributed by atoms with Crippen LogP contribution >= 0.6 is 0 Å². The van der Waals surface area contributed by atoms with E-state index < -0.39 is 0 Å². The lowest BCUT2D eigenvalue weighted by Gasteiger charge is -2.35. The van der Waals surface area contributed by atoms with Gasteiger partial charge in [-0.05, 0) is 48.8 Å². The number of nitrogens with zero attached hydrogens (tertiary/aromatic N) is 1. The zero-order valence-electron chi connectivity index (χ0n) is 10.8. The summed E-state index contributed by atoms with van der Waals surface area (Å²) in [4.78, 5) is 0. The van der Waals surface area contributed by atoms with E-state index in [0.29, 0.717) is 0 Å². The van der Waals surface area contributed by atoms with Gasteiger partial charge in [0.2, 0.25) is 0 Å². The summed E-state index contributed by atoms with van der Waals surface area (Å²) in [5.41, 5.74) is 4.37. The molecule has 0 aromatic heterocycles. The predicted molar refractivity (Wildman–Crippen MR) is 72.1 cm³/mol. The Morgan fingerprint density at radius 3 is 2.72 bits per heavy atom. The number of benzene rings is 1. The number of nitriles is 1. The number of nitrogens with one attached hydrogen (secondary N) is 1. The molecule has 2 nitrogen and oxygen atoms in total. The maximum absolute atomic E-state index is 9.17. The minimum atomic E-state index is -0.0588. The molecule has 0 saturated heterocycles. The molecule has 1 fully saturated rings. The summed E-state index contributed by atoms with van der Waals surface area (Å²) in [6.45, 7) is 1.75. The zero-order chi connectivity index (χ0) is 12.4. The van der Waals surface area contributed by atoms with Crippen molar-refractivity contribution in [3.63, 3.8) is 0 Å². The van der Waals surface area contributed by atoms with Crippen LogP contribution in [0.3, 0.4) is 0 Å². The van der Waals surface area contributed by atoms with Crippen LogP contribution in [0.4, 0.5) is 0 Å². The number of hydrogen-bond donors (Lipinski definition) is 1. The monoisotopic (exact) mass is 240 g/mol. The molecule has 2 aliphatic rings. The van der Waals surface area contributed by atoms with Crippen molar-refractivity contribution in [1.29, 1.82) is 5.26 Å². The van der Waals surface area contributed by atoms with E-state index in [4.69, 9.17) is 0 Å². The molecule has 0 radical (unpaired) electrons. The van der Waals surface area contributed by atoms with Crippen LogP contribution in [0, 0.1) is 16.7 Å². The average Bonchev–Trinajstić information content (AvgIpc) is 2.80. The van der Waals surface area contributed by atoms with Gasteiger partial charge in [0.15, 0.2) is 0 Å². The van der Waals surface area contributed by atoms with Gasteiger partial charge < -0.3 is 5.32 Å². The van der Waals surface area contributed by atoms with E-state index in [1.165, 1.54) is 42.4 Å². The lowest BCUT2D eigenvalue weighted by atomic mass is 9.70. The zero-order valence-corrected chi connectivity index (χ0v) is 10.8. The lowest BCUT2D eigenvalue weighted by molar-refractivity contribution is 0.206. The lowest BCUT2D eigenvalue weighted by Crippen LogP contribution is -2.38. The highest BCUT2D eigenvalue weighted by molar-refractivity contribution is 5.35. The number of hydrogen-bond acceptors (Lipinski definition) is 2. The van der Waals surface area contributed by atoms with Crippen molar-refractivity contribution in [2.75, 3.05) is 6.54 Å². The summed E-state index contributed by atoms with van der Waals surface area (Å²) in [6.07, 6.45) is 7.16. The third-order valence-corrected chi connectivity index (χ3v) is 4.50. The van der Waals surface area contributed by atoms with Gasteiger partial charge in [-0.2, -0.15) is 5.26 Å². The Bertz CT molecular complexity index is 480. The molecule has 0 bridgehead atoms. The second-order valence-electron chi connectivity index (χ2n) is 5.81. The first-order valence-corrected chi connectivity index (χ1v) is 7.04. The molecule has 2 heteroatoms. The molecule has 3 rings (SSSR count). The van der Waals surface area contributed by atoms with E-state index >= 15 is 0 Å². The third-order valence-electron chi connectivity index (χ3n) is 4.50. The van der Waals surface area contributed by atoms with Crippen molar-refractivity contribution >= 4 is 0 Å². The summed E-state index contributed by atoms with van der Waals surface area (Å²) in [5.74, 6) is 0. The predicted octanol–water partition coefficient (Wildman–Crippen LogP) is 2.96. The summed E-state index contributed by atoms with van der Waals surface area (Å²) >= 11 is 0. The molecule has 0 atom stereocenters. The molecule has 0 amide bonds. The second-order valence-corrected chi connectivity index (χ2v) is 5.81. The summed E-state index contributed by atoms with van der Waals surface area (Å²) in [5, 5.41) is 12.6. The largest absolute Gasteiger partial charge is 0.311 e. The fraction of sp³-hybridized carbons (Fsp3) is 0.562. The molecule has 0 unspecified atom stereocenters. The Balaban J connectivity index is 1.56. The van der Waals surface area contributed by atoms with E-state index in [0.717, 1.165) is 25.9 Å². The fourth-order valence-corrected chi connectivity index (χ4v) is 3.11. The number of rotatable bonds is 4. The Hall–Kier alpha value is -1.33. The molecule has 1 saturated carbocycles. The van der Waals surface area contributed by atoms with Gasteiger partial charge in [0.1, 0.15) is 0 Å². The standard InChI is InChI=1S/C16H20N2/c17-11-16(7-2-8-16)12-18-10-13-5-6-14-3-1-4-15(14)9-13/h5-6,9,18H,1-4,7-8,10,12H2. The normalized spacial score (nSPS) is 19.9. The van der Waals surface area contributed by atoms with Crippen LogP contribution in [0.2, 0.25) is 0 Å². The highest BCUT2D eigenvalue weighted by Gasteiger charge is 2.36. The van der Waals surface area contributed by atoms with Crippen LogP contribution < -0.4 is 5.32 Å². The maximum Gasteiger partial charge on any atom is 0.0703 e. The first-order chi connectivity index (χ1) is 8.81. The Kier molecular flexibility index (Phi) is 3.09. The Morgan fingerprint density at radius 1 is 1.17 bits per heavy atom. The highest BCUT2D eigenvalue weighted by atomic mass is 14.9. The van der Waals surface area contributed by atoms with Crippen LogP contribution in [0.5, 0.6) is 0 Å². The average molecular weight is 240 g/mol. The van der Waals surface area contributed by atoms with Gasteiger partial charge in [-0.3, -0.25) is 0 Å². The van der Waals surface area contributed by atoms with Gasteiger partial charge in [0.05, 0.1) is 11.5 Å². The van der Waals surface area contributed by atoms with Crippen molar-refractivity contribution in [2.24, 2.45) is 5.41 Å². The molecule has 1 aromatic carbocycles. The molecule has 18 heavy (non-hydrogen) atoms. The minimum Gasteiger partial charge on any atom is -0.311 e. The van der Waals surface area contributed by atoms with Gasteiger partial charge in [-0.1, -0.05) is 24.6 Å². The van der Waals surface area contributed by atoms with Gasteiger partial charge in [-0.25, -0.2) is 0 Å². The van der Waals surface area contributed by atoms with Crippen molar-refractivity contribution in [3.05, 3.63) is 34.9 Å². The van der Waals surface area contributed by atoms with Crippen LogP contribution in [0.15, 0.2) is 18.2 Å². The van der Waals surface area contributed by atoms with Crippen molar-refractivity contribution in [3.8, 4) is 6.07 Å². The quantitative estimate of drug-likeness (QED) is 0.878. The molecule has 94 valence electrons. The first-order valence-electron chi connectivity index (χ1n) is 7.04. The van der Waals surface area contributed by atoms with Gasteiger partial charge in [0, 0.05) is 13.1 Å². The van der Waals surface area contributed by atoms with E-state index in [2.05, 4.69) is 29.6 Å². The summed E-state index contributed by atoms with van der Waals surface area (Å²) < 4.78 is 0. The maximum atomic E-state index is 9.17. The SMILES string of the molecule is N#CC1(CNCc2ccc3c(c2)CCC3)CCC1. The molecular formula is C16H20N2. The molecule has 0 aliphatic heterocycles. The van der Waals surface area contributed by atoms with E-state index in [-0.39, 0.29) is 5.41 Å². The van der Waals surface area contributed by atoms with Gasteiger partial charge in [0.25, 0.3) is 0 Å². The second kappa shape index (κ2) is 4.74. The van der Waals surface area contributed by atoms with Crippen LogP contribution in [-0.2, 0) is 19.4 Å². The van der Waals surface area contributed by atoms with Crippen molar-refractivity contribution < 1.29 is 0 Å². The van der Waals surface area contributed by atoms with Crippen LogP contribution in [-0.4, -0.2) is 6.54 Å². The van der Waals surface area contributed by atoms with E-state index in [1.54, 1.807) is 0 Å². The molecule has 0 spiro atoms. The number of aryl methyl sites for hydroxylation is 2. The molecule has 1 aromatic rings. The summed E-state index contributed by atoms with van der Waals surface area (Å²) in [6, 6.07) is 9.34. The third kappa shape index (κ3) is 2.15. The molecule has 0 heterocycles. The minimum absolute atomic E-state index is 0.0588. The van der Waals surface area contributed by atoms with Crippen LogP contribution in [0.25, 0.3) is 0 Å². The highest BCUT2D eigenvalue weighted by Crippen LogP contribution is 2.39. The first kappa shape index (κ1) is 11.7. The van der Waals surface area contributed by atoms with Gasteiger partial charge in [-0.15, -0.1) is 0 Å². The Morgan fingerprint density at radius 2 is 2.00 bits per heavy atom. The summed E-state index contributed by atoms with van der Waals surface area (Å²) in [7, 11) is 0. The van der Waals surface area contributed by atoms with E-state index in [9.17, 15) is 5.26 Å². The van der Waals surface area contributed by atoms with Crippen molar-refractivity contribution in [1.82, 2.24) is 5.32 Å². The van der Waals surface area contributed by atoms with Crippen LogP contribution in [0.1, 0.15) is 42.4 Å². The topological polar surface area (TPSA) is 35.8 Å². The fourth-order valence-electron chi connectivity index (χ4n) is 3.11. The van der Waals surface area contributed by atoms with E-state index in [1.807, 2.05) is 0 Å². The van der Waals surface area contributed by atoms with Gasteiger partial charge >= 0.3 is 0 Å². The molecular weight excluding hydrogens is 220 g/mol. The molecule has 1 N–H and O–H groups in total. The smallest absolute Gasteiger partial charge is 0.0703 e. The number of fused-ring (bicyclic) bond motifs is 1. The molecule has 2 aliphatic carbocycles. The Labute approximate surface area is 109 Å². The van der Waals surface area contributed by atoms with Crippen molar-refractivity contribution in [2.45, 2.75) is 45.1 Å².